The molecule has 1 atom stereocenters. The molecular formula is C15H19NOS. The van der Waals surface area contributed by atoms with Gasteiger partial charge in [0.2, 0.25) is 0 Å². The van der Waals surface area contributed by atoms with E-state index in [0.717, 1.165) is 16.9 Å². The minimum atomic E-state index is -0.203. The number of thiazole rings is 1. The molecule has 0 saturated heterocycles. The number of hydrogen-bond acceptors (Lipinski definition) is 3. The summed E-state index contributed by atoms with van der Waals surface area (Å²) in [4.78, 5) is 4.61. The number of hydrogen-bond donors (Lipinski definition) is 1. The SMILES string of the molecule is OC(Cc1nc2ccccc2s1)C1CCCCC1. The lowest BCUT2D eigenvalue weighted by Crippen LogP contribution is -2.24. The fourth-order valence-electron chi connectivity index (χ4n) is 2.87. The normalized spacial score (nSPS) is 19.2. The Morgan fingerprint density at radius 1 is 1.22 bits per heavy atom. The molecule has 0 spiro atoms. The number of rotatable bonds is 3. The highest BCUT2D eigenvalue weighted by Gasteiger charge is 2.22. The molecule has 1 aromatic heterocycles. The second kappa shape index (κ2) is 5.37. The first kappa shape index (κ1) is 12.1. The maximum atomic E-state index is 10.3. The van der Waals surface area contributed by atoms with Crippen molar-refractivity contribution in [2.45, 2.75) is 44.6 Å². The van der Waals surface area contributed by atoms with Crippen LogP contribution in [0.3, 0.4) is 0 Å². The van der Waals surface area contributed by atoms with Crippen molar-refractivity contribution in [2.75, 3.05) is 0 Å². The van der Waals surface area contributed by atoms with Crippen LogP contribution in [0.5, 0.6) is 0 Å². The average Bonchev–Trinajstić information content (AvgIpc) is 2.82. The van der Waals surface area contributed by atoms with Gasteiger partial charge in [-0.1, -0.05) is 31.4 Å². The number of aliphatic hydroxyl groups excluding tert-OH is 1. The average molecular weight is 261 g/mol. The lowest BCUT2D eigenvalue weighted by atomic mass is 9.84. The Morgan fingerprint density at radius 2 is 2.00 bits per heavy atom. The van der Waals surface area contributed by atoms with Crippen LogP contribution < -0.4 is 0 Å². The van der Waals surface area contributed by atoms with Gasteiger partial charge < -0.3 is 5.11 Å². The van der Waals surface area contributed by atoms with Gasteiger partial charge in [0, 0.05) is 6.42 Å². The van der Waals surface area contributed by atoms with E-state index in [-0.39, 0.29) is 6.10 Å². The van der Waals surface area contributed by atoms with E-state index in [9.17, 15) is 5.11 Å². The van der Waals surface area contributed by atoms with Crippen LogP contribution in [-0.2, 0) is 6.42 Å². The number of nitrogens with zero attached hydrogens (tertiary/aromatic N) is 1. The molecule has 1 aromatic carbocycles. The molecular weight excluding hydrogens is 242 g/mol. The van der Waals surface area contributed by atoms with Crippen LogP contribution in [-0.4, -0.2) is 16.2 Å². The minimum Gasteiger partial charge on any atom is -0.392 e. The Bertz CT molecular complexity index is 483. The summed E-state index contributed by atoms with van der Waals surface area (Å²) in [5.41, 5.74) is 1.06. The Hall–Kier alpha value is -0.930. The van der Waals surface area contributed by atoms with Gasteiger partial charge in [-0.2, -0.15) is 0 Å². The van der Waals surface area contributed by atoms with Gasteiger partial charge in [0.25, 0.3) is 0 Å². The predicted molar refractivity (Wildman–Crippen MR) is 75.9 cm³/mol. The molecule has 2 nitrogen and oxygen atoms in total. The molecule has 3 rings (SSSR count). The van der Waals surface area contributed by atoms with Gasteiger partial charge in [-0.05, 0) is 30.9 Å². The summed E-state index contributed by atoms with van der Waals surface area (Å²) < 4.78 is 1.23. The number of aromatic nitrogens is 1. The van der Waals surface area contributed by atoms with Gasteiger partial charge >= 0.3 is 0 Å². The van der Waals surface area contributed by atoms with Gasteiger partial charge in [0.1, 0.15) is 0 Å². The summed E-state index contributed by atoms with van der Waals surface area (Å²) in [5.74, 6) is 0.491. The van der Waals surface area contributed by atoms with Crippen LogP contribution in [0.25, 0.3) is 10.2 Å². The van der Waals surface area contributed by atoms with Crippen molar-refractivity contribution in [2.24, 2.45) is 5.92 Å². The van der Waals surface area contributed by atoms with Crippen LogP contribution in [0.2, 0.25) is 0 Å². The van der Waals surface area contributed by atoms with Gasteiger partial charge in [-0.3, -0.25) is 0 Å². The first-order valence-corrected chi connectivity index (χ1v) is 7.67. The second-order valence-corrected chi connectivity index (χ2v) is 6.36. The molecule has 1 unspecified atom stereocenters. The molecule has 1 heterocycles. The number of aliphatic hydroxyl groups is 1. The van der Waals surface area contributed by atoms with Crippen molar-refractivity contribution in [1.82, 2.24) is 4.98 Å². The monoisotopic (exact) mass is 261 g/mol. The molecule has 3 heteroatoms. The Morgan fingerprint density at radius 3 is 2.78 bits per heavy atom. The number of para-hydroxylation sites is 1. The van der Waals surface area contributed by atoms with Crippen LogP contribution in [0, 0.1) is 5.92 Å². The van der Waals surface area contributed by atoms with E-state index >= 15 is 0 Å². The zero-order valence-corrected chi connectivity index (χ0v) is 11.3. The number of benzene rings is 1. The summed E-state index contributed by atoms with van der Waals surface area (Å²) in [7, 11) is 0. The third kappa shape index (κ3) is 2.57. The highest BCUT2D eigenvalue weighted by atomic mass is 32.1. The third-order valence-corrected chi connectivity index (χ3v) is 4.97. The van der Waals surface area contributed by atoms with Gasteiger partial charge in [-0.15, -0.1) is 11.3 Å². The summed E-state index contributed by atoms with van der Waals surface area (Å²) in [6.07, 6.45) is 6.79. The fraction of sp³-hybridized carbons (Fsp3) is 0.533. The minimum absolute atomic E-state index is 0.203. The van der Waals surface area contributed by atoms with Crippen molar-refractivity contribution in [3.05, 3.63) is 29.3 Å². The highest BCUT2D eigenvalue weighted by Crippen LogP contribution is 2.29. The summed E-state index contributed by atoms with van der Waals surface area (Å²) in [5, 5.41) is 11.4. The second-order valence-electron chi connectivity index (χ2n) is 5.24. The van der Waals surface area contributed by atoms with Crippen molar-refractivity contribution >= 4 is 21.6 Å². The van der Waals surface area contributed by atoms with E-state index in [2.05, 4.69) is 11.1 Å². The molecule has 0 bridgehead atoms. The Labute approximate surface area is 112 Å². The maximum Gasteiger partial charge on any atom is 0.0964 e. The molecule has 18 heavy (non-hydrogen) atoms. The lowest BCUT2D eigenvalue weighted by Gasteiger charge is -2.25. The maximum absolute atomic E-state index is 10.3. The highest BCUT2D eigenvalue weighted by molar-refractivity contribution is 7.18. The van der Waals surface area contributed by atoms with E-state index in [1.54, 1.807) is 11.3 Å². The molecule has 1 saturated carbocycles. The number of fused-ring (bicyclic) bond motifs is 1. The van der Waals surface area contributed by atoms with Crippen molar-refractivity contribution < 1.29 is 5.11 Å². The predicted octanol–water partition coefficient (Wildman–Crippen LogP) is 3.78. The quantitative estimate of drug-likeness (QED) is 0.912. The summed E-state index contributed by atoms with van der Waals surface area (Å²) >= 11 is 1.72. The molecule has 0 radical (unpaired) electrons. The fourth-order valence-corrected chi connectivity index (χ4v) is 3.89. The molecule has 1 fully saturated rings. The topological polar surface area (TPSA) is 33.1 Å². The van der Waals surface area contributed by atoms with Crippen molar-refractivity contribution in [3.8, 4) is 0 Å². The van der Waals surface area contributed by atoms with Crippen molar-refractivity contribution in [1.29, 1.82) is 0 Å². The van der Waals surface area contributed by atoms with Crippen LogP contribution in [0.1, 0.15) is 37.1 Å². The molecule has 1 aliphatic rings. The lowest BCUT2D eigenvalue weighted by molar-refractivity contribution is 0.0851. The molecule has 96 valence electrons. The molecule has 0 amide bonds. The van der Waals surface area contributed by atoms with E-state index in [1.807, 2.05) is 18.2 Å². The van der Waals surface area contributed by atoms with E-state index in [0.29, 0.717) is 5.92 Å². The van der Waals surface area contributed by atoms with Gasteiger partial charge in [0.05, 0.1) is 21.3 Å². The van der Waals surface area contributed by atoms with Gasteiger partial charge in [-0.25, -0.2) is 4.98 Å². The third-order valence-electron chi connectivity index (χ3n) is 3.92. The standard InChI is InChI=1S/C15H19NOS/c17-13(11-6-2-1-3-7-11)10-15-16-12-8-4-5-9-14(12)18-15/h4-5,8-9,11,13,17H,1-3,6-7,10H2. The van der Waals surface area contributed by atoms with Crippen LogP contribution >= 0.6 is 11.3 Å². The molecule has 2 aromatic rings. The first-order valence-electron chi connectivity index (χ1n) is 6.85. The summed E-state index contributed by atoms with van der Waals surface area (Å²) in [6.45, 7) is 0. The molecule has 1 aliphatic carbocycles. The zero-order valence-electron chi connectivity index (χ0n) is 10.5. The smallest absolute Gasteiger partial charge is 0.0964 e. The van der Waals surface area contributed by atoms with E-state index < -0.39 is 0 Å². The van der Waals surface area contributed by atoms with Gasteiger partial charge in [0.15, 0.2) is 0 Å². The largest absolute Gasteiger partial charge is 0.392 e. The Kier molecular flexibility index (Phi) is 3.62. The van der Waals surface area contributed by atoms with E-state index in [1.165, 1.54) is 36.8 Å². The van der Waals surface area contributed by atoms with E-state index in [4.69, 9.17) is 0 Å². The molecule has 0 aliphatic heterocycles. The van der Waals surface area contributed by atoms with Crippen LogP contribution in [0.4, 0.5) is 0 Å². The molecule has 1 N–H and O–H groups in total. The summed E-state index contributed by atoms with van der Waals surface area (Å²) in [6, 6.07) is 8.21. The Balaban J connectivity index is 1.71. The van der Waals surface area contributed by atoms with Crippen LogP contribution in [0.15, 0.2) is 24.3 Å². The van der Waals surface area contributed by atoms with Crippen molar-refractivity contribution in [3.63, 3.8) is 0 Å². The zero-order chi connectivity index (χ0) is 12.4. The first-order chi connectivity index (χ1) is 8.83.